The summed E-state index contributed by atoms with van der Waals surface area (Å²) < 4.78 is 0. The molecule has 3 atom stereocenters. The molecule has 0 aromatic carbocycles. The van der Waals surface area contributed by atoms with Gasteiger partial charge in [-0.05, 0) is 31.1 Å². The smallest absolute Gasteiger partial charge is 0.0249 e. The molecule has 2 nitrogen and oxygen atoms in total. The third-order valence-corrected chi connectivity index (χ3v) is 6.07. The van der Waals surface area contributed by atoms with Crippen molar-refractivity contribution >= 4 is 0 Å². The lowest BCUT2D eigenvalue weighted by atomic mass is 9.81. The van der Waals surface area contributed by atoms with Crippen LogP contribution in [0.1, 0.15) is 74.1 Å². The third-order valence-electron chi connectivity index (χ3n) is 6.07. The van der Waals surface area contributed by atoms with Crippen LogP contribution in [0.2, 0.25) is 0 Å². The van der Waals surface area contributed by atoms with E-state index in [2.05, 4.69) is 58.7 Å². The molecule has 20 heavy (non-hydrogen) atoms. The van der Waals surface area contributed by atoms with Gasteiger partial charge in [-0.25, -0.2) is 0 Å². The van der Waals surface area contributed by atoms with Gasteiger partial charge >= 0.3 is 0 Å². The summed E-state index contributed by atoms with van der Waals surface area (Å²) in [5.41, 5.74) is 0.406. The molecule has 0 amide bonds. The lowest BCUT2D eigenvalue weighted by Gasteiger charge is -2.53. The third kappa shape index (κ3) is 3.57. The van der Waals surface area contributed by atoms with Crippen LogP contribution in [0.3, 0.4) is 0 Å². The van der Waals surface area contributed by atoms with Gasteiger partial charge in [0.15, 0.2) is 0 Å². The average molecular weight is 283 g/mol. The Morgan fingerprint density at radius 2 is 1.60 bits per heavy atom. The van der Waals surface area contributed by atoms with Gasteiger partial charge in [0.25, 0.3) is 0 Å². The fourth-order valence-electron chi connectivity index (χ4n) is 3.96. The van der Waals surface area contributed by atoms with Gasteiger partial charge < -0.3 is 5.32 Å². The molecule has 1 heterocycles. The first kappa shape index (κ1) is 18.0. The van der Waals surface area contributed by atoms with Crippen molar-refractivity contribution in [1.82, 2.24) is 10.2 Å². The molecule has 0 saturated carbocycles. The molecule has 1 fully saturated rings. The van der Waals surface area contributed by atoms with Crippen molar-refractivity contribution in [2.45, 2.75) is 91.8 Å². The Labute approximate surface area is 127 Å². The first-order chi connectivity index (χ1) is 9.45. The zero-order valence-electron chi connectivity index (χ0n) is 15.0. The van der Waals surface area contributed by atoms with Gasteiger partial charge in [-0.15, -0.1) is 0 Å². The highest BCUT2D eigenvalue weighted by atomic mass is 15.3. The van der Waals surface area contributed by atoms with Crippen LogP contribution >= 0.6 is 0 Å². The van der Waals surface area contributed by atoms with Crippen LogP contribution in [0.25, 0.3) is 0 Å². The zero-order chi connectivity index (χ0) is 15.3. The van der Waals surface area contributed by atoms with Crippen molar-refractivity contribution in [2.24, 2.45) is 11.8 Å². The molecule has 0 aromatic heterocycles. The van der Waals surface area contributed by atoms with Crippen molar-refractivity contribution < 1.29 is 0 Å². The van der Waals surface area contributed by atoms with Crippen LogP contribution in [-0.2, 0) is 0 Å². The van der Waals surface area contributed by atoms with Gasteiger partial charge in [0, 0.05) is 30.7 Å². The number of piperazine rings is 1. The Morgan fingerprint density at radius 3 is 2.00 bits per heavy atom. The number of nitrogens with one attached hydrogen (secondary N) is 1. The average Bonchev–Trinajstić information content (AvgIpc) is 2.48. The molecule has 0 spiro atoms. The van der Waals surface area contributed by atoms with E-state index in [1.165, 1.54) is 32.2 Å². The molecule has 1 saturated heterocycles. The molecule has 3 unspecified atom stereocenters. The van der Waals surface area contributed by atoms with Crippen molar-refractivity contribution in [1.29, 1.82) is 0 Å². The van der Waals surface area contributed by atoms with Crippen molar-refractivity contribution in [2.75, 3.05) is 13.1 Å². The molecule has 120 valence electrons. The minimum absolute atomic E-state index is 0.406. The SMILES string of the molecule is CCC(C)C1CN(C(CC)(CC)CC)C(C(C)C)CN1. The molecule has 0 bridgehead atoms. The Hall–Kier alpha value is -0.0800. The van der Waals surface area contributed by atoms with E-state index < -0.39 is 0 Å². The minimum Gasteiger partial charge on any atom is -0.311 e. The normalized spacial score (nSPS) is 27.0. The van der Waals surface area contributed by atoms with Crippen molar-refractivity contribution in [3.63, 3.8) is 0 Å². The molecular formula is C18H38N2. The largest absolute Gasteiger partial charge is 0.311 e. The van der Waals surface area contributed by atoms with Crippen LogP contribution in [0.5, 0.6) is 0 Å². The second-order valence-electron chi connectivity index (χ2n) is 7.15. The van der Waals surface area contributed by atoms with E-state index in [9.17, 15) is 0 Å². The summed E-state index contributed by atoms with van der Waals surface area (Å²) in [6, 6.07) is 1.36. The molecule has 1 aliphatic rings. The monoisotopic (exact) mass is 282 g/mol. The molecule has 0 aliphatic carbocycles. The van der Waals surface area contributed by atoms with Gasteiger partial charge in [0.1, 0.15) is 0 Å². The second kappa shape index (κ2) is 7.79. The standard InChI is InChI=1S/C18H38N2/c1-8-15(7)16-13-20(17(12-19-16)14(5)6)18(9-2,10-3)11-4/h14-17,19H,8-13H2,1-7H3. The van der Waals surface area contributed by atoms with E-state index in [4.69, 9.17) is 0 Å². The summed E-state index contributed by atoms with van der Waals surface area (Å²) in [6.07, 6.45) is 5.10. The first-order valence-corrected chi connectivity index (χ1v) is 8.95. The van der Waals surface area contributed by atoms with E-state index in [-0.39, 0.29) is 0 Å². The van der Waals surface area contributed by atoms with Crippen LogP contribution in [0, 0.1) is 11.8 Å². The number of hydrogen-bond donors (Lipinski definition) is 1. The lowest BCUT2D eigenvalue weighted by Crippen LogP contribution is -2.66. The molecule has 0 radical (unpaired) electrons. The fraction of sp³-hybridized carbons (Fsp3) is 1.00. The Balaban J connectivity index is 2.99. The van der Waals surface area contributed by atoms with Crippen molar-refractivity contribution in [3.8, 4) is 0 Å². The fourth-order valence-corrected chi connectivity index (χ4v) is 3.96. The van der Waals surface area contributed by atoms with Crippen LogP contribution < -0.4 is 5.32 Å². The molecule has 0 aromatic rings. The van der Waals surface area contributed by atoms with Gasteiger partial charge in [-0.3, -0.25) is 4.90 Å². The molecule has 1 rings (SSSR count). The highest BCUT2D eigenvalue weighted by Gasteiger charge is 2.41. The number of rotatable bonds is 7. The predicted octanol–water partition coefficient (Wildman–Crippen LogP) is 4.30. The van der Waals surface area contributed by atoms with E-state index >= 15 is 0 Å². The van der Waals surface area contributed by atoms with Crippen LogP contribution in [0.15, 0.2) is 0 Å². The molecular weight excluding hydrogens is 244 g/mol. The Morgan fingerprint density at radius 1 is 1.05 bits per heavy atom. The summed E-state index contributed by atoms with van der Waals surface area (Å²) >= 11 is 0. The zero-order valence-corrected chi connectivity index (χ0v) is 15.0. The molecule has 1 aliphatic heterocycles. The molecule has 1 N–H and O–H groups in total. The van der Waals surface area contributed by atoms with Crippen LogP contribution in [-0.4, -0.2) is 35.6 Å². The lowest BCUT2D eigenvalue weighted by molar-refractivity contribution is -0.0245. The highest BCUT2D eigenvalue weighted by molar-refractivity contribution is 4.98. The number of nitrogens with zero attached hydrogens (tertiary/aromatic N) is 1. The highest BCUT2D eigenvalue weighted by Crippen LogP contribution is 2.34. The Kier molecular flexibility index (Phi) is 7.00. The van der Waals surface area contributed by atoms with E-state index in [0.29, 0.717) is 17.6 Å². The van der Waals surface area contributed by atoms with Gasteiger partial charge in [0.05, 0.1) is 0 Å². The number of hydrogen-bond acceptors (Lipinski definition) is 2. The maximum absolute atomic E-state index is 3.83. The van der Waals surface area contributed by atoms with Crippen molar-refractivity contribution in [3.05, 3.63) is 0 Å². The predicted molar refractivity (Wildman–Crippen MR) is 90.2 cm³/mol. The maximum Gasteiger partial charge on any atom is 0.0249 e. The van der Waals surface area contributed by atoms with Gasteiger partial charge in [0.2, 0.25) is 0 Å². The summed E-state index contributed by atoms with van der Waals surface area (Å²) in [4.78, 5) is 2.88. The molecule has 2 heteroatoms. The van der Waals surface area contributed by atoms with Gasteiger partial charge in [-0.1, -0.05) is 54.9 Å². The minimum atomic E-state index is 0.406. The van der Waals surface area contributed by atoms with Gasteiger partial charge in [-0.2, -0.15) is 0 Å². The van der Waals surface area contributed by atoms with Crippen LogP contribution in [0.4, 0.5) is 0 Å². The summed E-state index contributed by atoms with van der Waals surface area (Å²) in [6.45, 7) is 19.0. The first-order valence-electron chi connectivity index (χ1n) is 8.95. The van der Waals surface area contributed by atoms with E-state index in [0.717, 1.165) is 18.4 Å². The second-order valence-corrected chi connectivity index (χ2v) is 7.15. The quantitative estimate of drug-likeness (QED) is 0.749. The summed E-state index contributed by atoms with van der Waals surface area (Å²) in [7, 11) is 0. The topological polar surface area (TPSA) is 15.3 Å². The van der Waals surface area contributed by atoms with E-state index in [1.54, 1.807) is 0 Å². The maximum atomic E-state index is 3.83. The summed E-state index contributed by atoms with van der Waals surface area (Å²) in [5, 5.41) is 3.83. The van der Waals surface area contributed by atoms with E-state index in [1.807, 2.05) is 0 Å². The Bertz CT molecular complexity index is 262. The summed E-state index contributed by atoms with van der Waals surface area (Å²) in [5.74, 6) is 1.50.